The van der Waals surface area contributed by atoms with Gasteiger partial charge in [-0.3, -0.25) is 0 Å². The van der Waals surface area contributed by atoms with Crippen LogP contribution in [-0.4, -0.2) is 39.9 Å². The van der Waals surface area contributed by atoms with Crippen LogP contribution in [0.15, 0.2) is 18.5 Å². The molecule has 0 unspecified atom stereocenters. The number of nitrogens with zero attached hydrogens (tertiary/aromatic N) is 5. The molecule has 1 saturated heterocycles. The number of nitrogens with one attached hydrogen (secondary N) is 2. The topological polar surface area (TPSA) is 109 Å². The highest BCUT2D eigenvalue weighted by Crippen LogP contribution is 2.24. The van der Waals surface area contributed by atoms with Gasteiger partial charge in [-0.25, -0.2) is 9.97 Å². The van der Waals surface area contributed by atoms with E-state index in [2.05, 4.69) is 53.4 Å². The molecule has 1 aliphatic rings. The molecule has 0 aromatic carbocycles. The van der Waals surface area contributed by atoms with Gasteiger partial charge in [0.05, 0.1) is 19.0 Å². The van der Waals surface area contributed by atoms with Gasteiger partial charge in [0.15, 0.2) is 21.0 Å². The first-order valence-electron chi connectivity index (χ1n) is 7.60. The smallest absolute Gasteiger partial charge is 0.165 e. The molecule has 0 spiro atoms. The zero-order chi connectivity index (χ0) is 16.8. The highest BCUT2D eigenvalue weighted by Gasteiger charge is 2.15. The number of nitriles is 1. The quantitative estimate of drug-likeness (QED) is 0.683. The Labute approximate surface area is 153 Å². The maximum absolute atomic E-state index is 8.74. The summed E-state index contributed by atoms with van der Waals surface area (Å²) in [6, 6.07) is 3.73. The number of aromatic nitrogens is 4. The van der Waals surface area contributed by atoms with E-state index in [1.165, 1.54) is 12.4 Å². The summed E-state index contributed by atoms with van der Waals surface area (Å²) >= 11 is 2.11. The van der Waals surface area contributed by atoms with E-state index in [4.69, 9.17) is 10.00 Å². The van der Waals surface area contributed by atoms with Crippen LogP contribution < -0.4 is 15.4 Å². The molecule has 124 valence electrons. The summed E-state index contributed by atoms with van der Waals surface area (Å²) < 4.78 is 6.65. The Kier molecular flexibility index (Phi) is 5.71. The van der Waals surface area contributed by atoms with Gasteiger partial charge in [0, 0.05) is 6.07 Å². The van der Waals surface area contributed by atoms with Crippen LogP contribution in [0.4, 0.5) is 11.6 Å². The molecule has 3 heterocycles. The average molecular weight is 437 g/mol. The fourth-order valence-electron chi connectivity index (χ4n) is 2.36. The summed E-state index contributed by atoms with van der Waals surface area (Å²) in [7, 11) is 0. The van der Waals surface area contributed by atoms with Crippen molar-refractivity contribution in [1.29, 1.82) is 5.26 Å². The minimum absolute atomic E-state index is 0.264. The molecule has 8 nitrogen and oxygen atoms in total. The van der Waals surface area contributed by atoms with E-state index >= 15 is 0 Å². The summed E-state index contributed by atoms with van der Waals surface area (Å²) in [5.74, 6) is 2.29. The van der Waals surface area contributed by atoms with E-state index < -0.39 is 0 Å². The molecule has 1 fully saturated rings. The van der Waals surface area contributed by atoms with Gasteiger partial charge in [-0.05, 0) is 54.4 Å². The van der Waals surface area contributed by atoms with Crippen LogP contribution in [0.25, 0.3) is 0 Å². The molecule has 0 bridgehead atoms. The van der Waals surface area contributed by atoms with Crippen molar-refractivity contribution in [2.45, 2.75) is 12.8 Å². The van der Waals surface area contributed by atoms with Gasteiger partial charge in [-0.2, -0.15) is 5.26 Å². The van der Waals surface area contributed by atoms with Gasteiger partial charge in [0.25, 0.3) is 0 Å². The molecule has 2 aromatic heterocycles. The van der Waals surface area contributed by atoms with Gasteiger partial charge in [-0.15, -0.1) is 10.2 Å². The number of anilines is 2. The van der Waals surface area contributed by atoms with Gasteiger partial charge < -0.3 is 15.4 Å². The lowest BCUT2D eigenvalue weighted by molar-refractivity contribution is 0.213. The van der Waals surface area contributed by atoms with Crippen molar-refractivity contribution in [1.82, 2.24) is 25.5 Å². The van der Waals surface area contributed by atoms with Crippen molar-refractivity contribution >= 4 is 34.2 Å². The molecule has 3 rings (SSSR count). The van der Waals surface area contributed by atoms with Crippen molar-refractivity contribution in [3.63, 3.8) is 0 Å². The predicted octanol–water partition coefficient (Wildman–Crippen LogP) is 1.86. The number of hydrogen-bond donors (Lipinski definition) is 2. The molecule has 2 N–H and O–H groups in total. The third kappa shape index (κ3) is 4.48. The summed E-state index contributed by atoms with van der Waals surface area (Å²) in [6.07, 6.45) is 5.13. The van der Waals surface area contributed by atoms with Gasteiger partial charge >= 0.3 is 0 Å². The van der Waals surface area contributed by atoms with Crippen molar-refractivity contribution in [2.75, 3.05) is 25.0 Å². The first-order chi connectivity index (χ1) is 11.7. The Balaban J connectivity index is 1.65. The van der Waals surface area contributed by atoms with E-state index in [0.29, 0.717) is 29.9 Å². The standard InChI is InChI=1S/C15H16IN7O/c16-15-12(24-9-10-1-3-18-4-2-10)5-13(22-23-15)21-14-8-19-11(6-17)7-20-14/h5,7-8,10,18H,1-4,9H2,(H,20,21,22). The van der Waals surface area contributed by atoms with Gasteiger partial charge in [-0.1, -0.05) is 0 Å². The molecule has 1 aliphatic heterocycles. The minimum Gasteiger partial charge on any atom is -0.490 e. The van der Waals surface area contributed by atoms with E-state index in [-0.39, 0.29) is 5.69 Å². The number of piperidine rings is 1. The first-order valence-corrected chi connectivity index (χ1v) is 8.68. The second kappa shape index (κ2) is 8.16. The van der Waals surface area contributed by atoms with Gasteiger partial charge in [0.2, 0.25) is 0 Å². The van der Waals surface area contributed by atoms with E-state index in [1.54, 1.807) is 6.07 Å². The molecule has 24 heavy (non-hydrogen) atoms. The monoisotopic (exact) mass is 437 g/mol. The molecule has 0 saturated carbocycles. The third-order valence-electron chi connectivity index (χ3n) is 3.67. The summed E-state index contributed by atoms with van der Waals surface area (Å²) in [6.45, 7) is 2.77. The summed E-state index contributed by atoms with van der Waals surface area (Å²) in [4.78, 5) is 8.06. The minimum atomic E-state index is 0.264. The van der Waals surface area contributed by atoms with Crippen molar-refractivity contribution in [2.24, 2.45) is 5.92 Å². The van der Waals surface area contributed by atoms with E-state index in [1.807, 2.05) is 6.07 Å². The van der Waals surface area contributed by atoms with Crippen LogP contribution in [0.3, 0.4) is 0 Å². The number of hydrogen-bond acceptors (Lipinski definition) is 8. The molecular weight excluding hydrogens is 421 g/mol. The van der Waals surface area contributed by atoms with Gasteiger partial charge in [0.1, 0.15) is 11.9 Å². The Bertz CT molecular complexity index is 726. The Morgan fingerprint density at radius 2 is 2.08 bits per heavy atom. The second-order valence-corrected chi connectivity index (χ2v) is 6.43. The lowest BCUT2D eigenvalue weighted by Gasteiger charge is -2.22. The highest BCUT2D eigenvalue weighted by atomic mass is 127. The fraction of sp³-hybridized carbons (Fsp3) is 0.400. The molecule has 0 amide bonds. The van der Waals surface area contributed by atoms with E-state index in [0.717, 1.165) is 29.6 Å². The zero-order valence-corrected chi connectivity index (χ0v) is 15.0. The molecular formula is C15H16IN7O. The van der Waals surface area contributed by atoms with Crippen LogP contribution in [0.5, 0.6) is 5.75 Å². The van der Waals surface area contributed by atoms with Crippen LogP contribution in [0, 0.1) is 20.9 Å². The Hall–Kier alpha value is -2.06. The van der Waals surface area contributed by atoms with Crippen molar-refractivity contribution in [3.05, 3.63) is 27.9 Å². The number of rotatable bonds is 5. The summed E-state index contributed by atoms with van der Waals surface area (Å²) in [5, 5.41) is 23.3. The van der Waals surface area contributed by atoms with E-state index in [9.17, 15) is 0 Å². The number of halogens is 1. The zero-order valence-electron chi connectivity index (χ0n) is 12.9. The maximum Gasteiger partial charge on any atom is 0.165 e. The SMILES string of the molecule is N#Cc1cnc(Nc2cc(OCC3CCNCC3)c(I)nn2)cn1. The highest BCUT2D eigenvalue weighted by molar-refractivity contribution is 14.1. The summed E-state index contributed by atoms with van der Waals surface area (Å²) in [5.41, 5.74) is 0.264. The third-order valence-corrected chi connectivity index (χ3v) is 4.42. The maximum atomic E-state index is 8.74. The largest absolute Gasteiger partial charge is 0.490 e. The number of ether oxygens (including phenoxy) is 1. The first kappa shape index (κ1) is 16.8. The normalized spacial score (nSPS) is 14.8. The van der Waals surface area contributed by atoms with Crippen molar-refractivity contribution < 1.29 is 4.74 Å². The Morgan fingerprint density at radius 1 is 1.25 bits per heavy atom. The Morgan fingerprint density at radius 3 is 2.79 bits per heavy atom. The molecule has 2 aromatic rings. The molecule has 9 heteroatoms. The van der Waals surface area contributed by atoms with Crippen molar-refractivity contribution in [3.8, 4) is 11.8 Å². The average Bonchev–Trinajstić information content (AvgIpc) is 2.63. The van der Waals surface area contributed by atoms with Crippen LogP contribution in [-0.2, 0) is 0 Å². The van der Waals surface area contributed by atoms with Crippen LogP contribution in [0.1, 0.15) is 18.5 Å². The molecule has 0 aliphatic carbocycles. The predicted molar refractivity (Wildman–Crippen MR) is 95.9 cm³/mol. The lowest BCUT2D eigenvalue weighted by atomic mass is 9.99. The fourth-order valence-corrected chi connectivity index (χ4v) is 2.78. The molecule has 0 atom stereocenters. The molecule has 0 radical (unpaired) electrons. The van der Waals surface area contributed by atoms with Crippen LogP contribution in [0.2, 0.25) is 0 Å². The van der Waals surface area contributed by atoms with Crippen LogP contribution >= 0.6 is 22.6 Å². The second-order valence-electron chi connectivity index (χ2n) is 5.41. The lowest BCUT2D eigenvalue weighted by Crippen LogP contribution is -2.30.